The summed E-state index contributed by atoms with van der Waals surface area (Å²) in [5, 5.41) is 0.432. The third-order valence-electron chi connectivity index (χ3n) is 2.21. The molecule has 0 N–H and O–H groups in total. The van der Waals surface area contributed by atoms with E-state index in [1.165, 1.54) is 11.0 Å². The monoisotopic (exact) mass is 286 g/mol. The minimum absolute atomic E-state index is 0.432. The van der Waals surface area contributed by atoms with Gasteiger partial charge in [0.15, 0.2) is 10.2 Å². The molecule has 0 radical (unpaired) electrons. The lowest BCUT2D eigenvalue weighted by molar-refractivity contribution is 0.414. The molecule has 2 heterocycles. The summed E-state index contributed by atoms with van der Waals surface area (Å²) < 4.78 is 14.8. The smallest absolute Gasteiger partial charge is 0.236 e. The van der Waals surface area contributed by atoms with Gasteiger partial charge >= 0.3 is 0 Å². The minimum atomic E-state index is -0.473. The first-order valence-corrected chi connectivity index (χ1v) is 7.54. The average Bonchev–Trinajstić information content (AvgIpc) is 2.92. The Kier molecular flexibility index (Phi) is 2.85. The van der Waals surface area contributed by atoms with E-state index in [2.05, 4.69) is 9.39 Å². The van der Waals surface area contributed by atoms with Crippen LogP contribution in [0.2, 0.25) is 0 Å². The molecule has 0 aliphatic carbocycles. The molecule has 0 aromatic heterocycles. The summed E-state index contributed by atoms with van der Waals surface area (Å²) in [5.74, 6) is 1.39. The van der Waals surface area contributed by atoms with E-state index in [1.54, 1.807) is 7.11 Å². The molecule has 3 rings (SSSR count). The second-order valence-electron chi connectivity index (χ2n) is 3.23. The van der Waals surface area contributed by atoms with Crippen molar-refractivity contribution in [3.05, 3.63) is 29.8 Å². The van der Waals surface area contributed by atoms with E-state index < -0.39 is 9.80 Å². The average molecular weight is 287 g/mol. The van der Waals surface area contributed by atoms with E-state index in [-0.39, 0.29) is 0 Å². The predicted octanol–water partition coefficient (Wildman–Crippen LogP) is 3.00. The Morgan fingerprint density at radius 1 is 1.35 bits per heavy atom. The van der Waals surface area contributed by atoms with Gasteiger partial charge in [0.1, 0.15) is 15.5 Å². The van der Waals surface area contributed by atoms with E-state index >= 15 is 0 Å². The summed E-state index contributed by atoms with van der Waals surface area (Å²) in [6, 6.07) is 7.54. The number of methoxy groups -OCH3 is 1. The van der Waals surface area contributed by atoms with Gasteiger partial charge in [0.05, 0.1) is 18.1 Å². The number of benzene rings is 1. The van der Waals surface area contributed by atoms with Crippen LogP contribution in [0.1, 0.15) is 5.56 Å². The maximum Gasteiger partial charge on any atom is 0.236 e. The molecule has 1 aromatic carbocycles. The van der Waals surface area contributed by atoms with Gasteiger partial charge in [-0.2, -0.15) is 9.39 Å². The molecule has 2 aliphatic heterocycles. The largest absolute Gasteiger partial charge is 0.497 e. The van der Waals surface area contributed by atoms with Crippen LogP contribution in [0.5, 0.6) is 5.75 Å². The fourth-order valence-corrected chi connectivity index (χ4v) is 4.34. The first-order chi connectivity index (χ1) is 8.28. The molecule has 2 aliphatic rings. The van der Waals surface area contributed by atoms with Gasteiger partial charge in [-0.25, -0.2) is 0 Å². The second kappa shape index (κ2) is 4.36. The van der Waals surface area contributed by atoms with E-state index in [0.717, 1.165) is 16.3 Å². The molecule has 7 heteroatoms. The normalized spacial score (nSPS) is 21.8. The molecule has 0 bridgehead atoms. The van der Waals surface area contributed by atoms with Crippen LogP contribution in [0.15, 0.2) is 33.7 Å². The quantitative estimate of drug-likeness (QED) is 0.477. The van der Waals surface area contributed by atoms with Crippen LogP contribution in [-0.2, 0) is 4.18 Å². The van der Waals surface area contributed by atoms with Crippen molar-refractivity contribution in [2.24, 2.45) is 9.39 Å². The highest BCUT2D eigenvalue weighted by atomic mass is 35.5. The van der Waals surface area contributed by atoms with Crippen LogP contribution >= 0.6 is 32.4 Å². The molecule has 88 valence electrons. The summed E-state index contributed by atoms with van der Waals surface area (Å²) in [6.07, 6.45) is 0. The topological polar surface area (TPSA) is 43.2 Å². The zero-order valence-corrected chi connectivity index (χ0v) is 11.1. The standard InChI is InChI=1S/C10H7ClN2O2S2/c1-14-7-4-2-6(3-5-7)9-12-10-8(11)13-16-17(10)15-9/h2-5H,1H3. The van der Waals surface area contributed by atoms with Gasteiger partial charge in [0.2, 0.25) is 5.90 Å². The highest BCUT2D eigenvalue weighted by Gasteiger charge is 2.28. The predicted molar refractivity (Wildman–Crippen MR) is 74.1 cm³/mol. The summed E-state index contributed by atoms with van der Waals surface area (Å²) in [7, 11) is 2.47. The van der Waals surface area contributed by atoms with Crippen LogP contribution in [-0.4, -0.2) is 23.2 Å². The Hall–Kier alpha value is -0.980. The Labute approximate surface area is 109 Å². The SMILES string of the molecule is COc1ccc(C2=NC3=S(O2)SN=C3Cl)cc1. The number of halogens is 1. The Morgan fingerprint density at radius 2 is 2.12 bits per heavy atom. The zero-order chi connectivity index (χ0) is 11.8. The maximum absolute atomic E-state index is 5.91. The maximum atomic E-state index is 5.91. The zero-order valence-electron chi connectivity index (χ0n) is 8.71. The summed E-state index contributed by atoms with van der Waals surface area (Å²) >= 11 is 5.91. The van der Waals surface area contributed by atoms with Crippen molar-refractivity contribution in [1.29, 1.82) is 0 Å². The minimum Gasteiger partial charge on any atom is -0.497 e. The van der Waals surface area contributed by atoms with Crippen LogP contribution in [0.3, 0.4) is 0 Å². The van der Waals surface area contributed by atoms with Gasteiger partial charge in [-0.1, -0.05) is 11.6 Å². The number of ether oxygens (including phenoxy) is 1. The van der Waals surface area contributed by atoms with Gasteiger partial charge in [-0.15, -0.1) is 0 Å². The number of hydrogen-bond donors (Lipinski definition) is 0. The first kappa shape index (κ1) is 11.1. The van der Waals surface area contributed by atoms with Crippen molar-refractivity contribution in [3.8, 4) is 5.75 Å². The van der Waals surface area contributed by atoms with E-state index in [4.69, 9.17) is 20.5 Å². The molecule has 1 unspecified atom stereocenters. The molecule has 17 heavy (non-hydrogen) atoms. The summed E-state index contributed by atoms with van der Waals surface area (Å²) in [5.41, 5.74) is 0.908. The van der Waals surface area contributed by atoms with Crippen LogP contribution in [0.4, 0.5) is 0 Å². The lowest BCUT2D eigenvalue weighted by Gasteiger charge is -2.04. The van der Waals surface area contributed by atoms with Crippen molar-refractivity contribution in [2.45, 2.75) is 0 Å². The van der Waals surface area contributed by atoms with E-state index in [9.17, 15) is 0 Å². The molecule has 0 amide bonds. The van der Waals surface area contributed by atoms with Crippen molar-refractivity contribution >= 4 is 48.4 Å². The molecule has 0 saturated heterocycles. The van der Waals surface area contributed by atoms with Crippen LogP contribution in [0.25, 0.3) is 0 Å². The van der Waals surface area contributed by atoms with Crippen molar-refractivity contribution in [2.75, 3.05) is 7.11 Å². The van der Waals surface area contributed by atoms with Crippen LogP contribution in [0, 0.1) is 0 Å². The Balaban J connectivity index is 1.88. The number of nitrogens with zero attached hydrogens (tertiary/aromatic N) is 2. The van der Waals surface area contributed by atoms with Crippen molar-refractivity contribution in [3.63, 3.8) is 0 Å². The third kappa shape index (κ3) is 1.96. The Bertz CT molecular complexity index is 566. The third-order valence-corrected chi connectivity index (χ3v) is 5.30. The van der Waals surface area contributed by atoms with Gasteiger partial charge in [-0.05, 0) is 24.3 Å². The molecular weight excluding hydrogens is 280 g/mol. The highest BCUT2D eigenvalue weighted by molar-refractivity contribution is 8.82. The highest BCUT2D eigenvalue weighted by Crippen LogP contribution is 2.44. The fraction of sp³-hybridized carbons (Fsp3) is 0.100. The van der Waals surface area contributed by atoms with E-state index in [1.807, 2.05) is 24.3 Å². The lowest BCUT2D eigenvalue weighted by Crippen LogP contribution is -2.02. The fourth-order valence-electron chi connectivity index (χ4n) is 1.38. The van der Waals surface area contributed by atoms with E-state index in [0.29, 0.717) is 11.1 Å². The van der Waals surface area contributed by atoms with Gasteiger partial charge < -0.3 is 8.92 Å². The summed E-state index contributed by atoms with van der Waals surface area (Å²) in [6.45, 7) is 0. The Morgan fingerprint density at radius 3 is 2.76 bits per heavy atom. The van der Waals surface area contributed by atoms with Gasteiger partial charge in [0, 0.05) is 5.56 Å². The first-order valence-electron chi connectivity index (χ1n) is 4.72. The number of hydrogen-bond acceptors (Lipinski definition) is 5. The van der Waals surface area contributed by atoms with Crippen molar-refractivity contribution in [1.82, 2.24) is 0 Å². The molecule has 4 nitrogen and oxygen atoms in total. The summed E-state index contributed by atoms with van der Waals surface area (Å²) in [4.78, 5) is 5.08. The molecular formula is C10H7ClN2O2S2. The van der Waals surface area contributed by atoms with Crippen molar-refractivity contribution < 1.29 is 8.92 Å². The van der Waals surface area contributed by atoms with Crippen LogP contribution < -0.4 is 4.74 Å². The van der Waals surface area contributed by atoms with Gasteiger partial charge in [-0.3, -0.25) is 0 Å². The van der Waals surface area contributed by atoms with Gasteiger partial charge in [0.25, 0.3) is 0 Å². The molecule has 1 atom stereocenters. The molecule has 1 aromatic rings. The lowest BCUT2D eigenvalue weighted by atomic mass is 10.2. The molecule has 0 saturated carbocycles. The molecule has 0 spiro atoms. The second-order valence-corrected chi connectivity index (χ2v) is 6.29. The molecule has 0 fully saturated rings. The number of rotatable bonds is 2. The number of aliphatic imine (C=N–C) groups is 1.